The number of ether oxygens (including phenoxy) is 2. The van der Waals surface area contributed by atoms with Gasteiger partial charge in [0.2, 0.25) is 0 Å². The molecular formula is C10H19NO4. The van der Waals surface area contributed by atoms with Crippen LogP contribution in [0.1, 0.15) is 13.3 Å². The first-order valence-electron chi connectivity index (χ1n) is 4.84. The highest BCUT2D eigenvalue weighted by atomic mass is 16.5. The van der Waals surface area contributed by atoms with Gasteiger partial charge in [0.25, 0.3) is 0 Å². The minimum Gasteiger partial charge on any atom is -0.469 e. The van der Waals surface area contributed by atoms with Crippen LogP contribution in [0, 0.1) is 5.92 Å². The zero-order chi connectivity index (χ0) is 11.8. The Morgan fingerprint density at radius 1 is 1.27 bits per heavy atom. The molecule has 0 aliphatic carbocycles. The lowest BCUT2D eigenvalue weighted by molar-refractivity contribution is -0.145. The second-order valence-electron chi connectivity index (χ2n) is 3.51. The summed E-state index contributed by atoms with van der Waals surface area (Å²) in [7, 11) is 4.58. The van der Waals surface area contributed by atoms with Crippen LogP contribution in [0.3, 0.4) is 0 Å². The minimum absolute atomic E-state index is 0.183. The Morgan fingerprint density at radius 2 is 1.87 bits per heavy atom. The maximum Gasteiger partial charge on any atom is 0.309 e. The van der Waals surface area contributed by atoms with Crippen molar-refractivity contribution < 1.29 is 19.1 Å². The molecule has 0 N–H and O–H groups in total. The van der Waals surface area contributed by atoms with E-state index in [0.29, 0.717) is 19.5 Å². The van der Waals surface area contributed by atoms with Gasteiger partial charge in [-0.25, -0.2) is 0 Å². The summed E-state index contributed by atoms with van der Waals surface area (Å²) >= 11 is 0. The Labute approximate surface area is 90.3 Å². The SMILES string of the molecule is COC(=O)CCN(C)C[C@H](C)C(=O)OC. The van der Waals surface area contributed by atoms with Crippen LogP contribution >= 0.6 is 0 Å². The lowest BCUT2D eigenvalue weighted by atomic mass is 10.2. The lowest BCUT2D eigenvalue weighted by Crippen LogP contribution is -2.31. The molecule has 0 saturated carbocycles. The van der Waals surface area contributed by atoms with E-state index in [4.69, 9.17) is 0 Å². The summed E-state index contributed by atoms with van der Waals surface area (Å²) in [5.74, 6) is -0.662. The second kappa shape index (κ2) is 7.23. The third kappa shape index (κ3) is 6.06. The Kier molecular flexibility index (Phi) is 6.70. The van der Waals surface area contributed by atoms with Gasteiger partial charge in [0.15, 0.2) is 0 Å². The largest absolute Gasteiger partial charge is 0.469 e. The van der Waals surface area contributed by atoms with E-state index in [1.165, 1.54) is 14.2 Å². The summed E-state index contributed by atoms with van der Waals surface area (Å²) in [6, 6.07) is 0. The molecule has 1 atom stereocenters. The molecule has 0 amide bonds. The fraction of sp³-hybridized carbons (Fsp3) is 0.800. The molecule has 5 heteroatoms. The second-order valence-corrected chi connectivity index (χ2v) is 3.51. The number of rotatable bonds is 6. The standard InChI is InChI=1S/C10H19NO4/c1-8(10(13)15-4)7-11(2)6-5-9(12)14-3/h8H,5-7H2,1-4H3/t8-/m0/s1. The number of carbonyl (C=O) groups excluding carboxylic acids is 2. The van der Waals surface area contributed by atoms with Gasteiger partial charge in [-0.1, -0.05) is 6.92 Å². The van der Waals surface area contributed by atoms with Crippen molar-refractivity contribution in [1.82, 2.24) is 4.90 Å². The number of methoxy groups -OCH3 is 2. The molecule has 0 aromatic heterocycles. The normalized spacial score (nSPS) is 12.3. The molecular weight excluding hydrogens is 198 g/mol. The predicted molar refractivity (Wildman–Crippen MR) is 55.3 cm³/mol. The summed E-state index contributed by atoms with van der Waals surface area (Å²) in [6.45, 7) is 2.94. The van der Waals surface area contributed by atoms with Crippen molar-refractivity contribution in [3.05, 3.63) is 0 Å². The summed E-state index contributed by atoms with van der Waals surface area (Å²) in [4.78, 5) is 23.9. The first-order valence-corrected chi connectivity index (χ1v) is 4.84. The molecule has 0 spiro atoms. The van der Waals surface area contributed by atoms with Crippen LogP contribution in [0.5, 0.6) is 0 Å². The van der Waals surface area contributed by atoms with E-state index >= 15 is 0 Å². The van der Waals surface area contributed by atoms with Gasteiger partial charge in [-0.3, -0.25) is 9.59 Å². The van der Waals surface area contributed by atoms with Crippen molar-refractivity contribution in [3.63, 3.8) is 0 Å². The zero-order valence-electron chi connectivity index (χ0n) is 9.78. The molecule has 15 heavy (non-hydrogen) atoms. The van der Waals surface area contributed by atoms with Crippen molar-refractivity contribution in [2.45, 2.75) is 13.3 Å². The number of carbonyl (C=O) groups is 2. The molecule has 0 bridgehead atoms. The number of nitrogens with zero attached hydrogens (tertiary/aromatic N) is 1. The number of hydrogen-bond acceptors (Lipinski definition) is 5. The third-order valence-corrected chi connectivity index (χ3v) is 2.11. The predicted octanol–water partition coefficient (Wildman–Crippen LogP) is 0.290. The van der Waals surface area contributed by atoms with Crippen LogP contribution in [0.2, 0.25) is 0 Å². The average molecular weight is 217 g/mol. The van der Waals surface area contributed by atoms with E-state index in [0.717, 1.165) is 0 Å². The van der Waals surface area contributed by atoms with Gasteiger partial charge in [0.05, 0.1) is 26.6 Å². The Bertz CT molecular complexity index is 217. The highest BCUT2D eigenvalue weighted by molar-refractivity contribution is 5.72. The monoisotopic (exact) mass is 217 g/mol. The van der Waals surface area contributed by atoms with Crippen molar-refractivity contribution in [1.29, 1.82) is 0 Å². The molecule has 0 radical (unpaired) electrons. The molecule has 0 unspecified atom stereocenters. The van der Waals surface area contributed by atoms with E-state index in [2.05, 4.69) is 9.47 Å². The lowest BCUT2D eigenvalue weighted by Gasteiger charge is -2.19. The molecule has 0 heterocycles. The van der Waals surface area contributed by atoms with Crippen LogP contribution in [-0.4, -0.2) is 51.2 Å². The van der Waals surface area contributed by atoms with Crippen LogP contribution < -0.4 is 0 Å². The maximum atomic E-state index is 11.1. The third-order valence-electron chi connectivity index (χ3n) is 2.11. The highest BCUT2D eigenvalue weighted by Crippen LogP contribution is 2.01. The molecule has 0 aliphatic heterocycles. The van der Waals surface area contributed by atoms with Gasteiger partial charge >= 0.3 is 11.9 Å². The molecule has 88 valence electrons. The number of esters is 2. The summed E-state index contributed by atoms with van der Waals surface area (Å²) in [5, 5.41) is 0. The summed E-state index contributed by atoms with van der Waals surface area (Å²) < 4.78 is 9.12. The van der Waals surface area contributed by atoms with Gasteiger partial charge < -0.3 is 14.4 Å². The quantitative estimate of drug-likeness (QED) is 0.598. The average Bonchev–Trinajstić information content (AvgIpc) is 2.24. The topological polar surface area (TPSA) is 55.8 Å². The Balaban J connectivity index is 3.78. The van der Waals surface area contributed by atoms with E-state index in [-0.39, 0.29) is 17.9 Å². The molecule has 0 aromatic rings. The van der Waals surface area contributed by atoms with Gasteiger partial charge in [-0.2, -0.15) is 0 Å². The van der Waals surface area contributed by atoms with Gasteiger partial charge in [0, 0.05) is 13.1 Å². The molecule has 0 saturated heterocycles. The summed E-state index contributed by atoms with van der Waals surface area (Å²) in [5.41, 5.74) is 0. The number of hydrogen-bond donors (Lipinski definition) is 0. The van der Waals surface area contributed by atoms with Crippen LogP contribution in [0.15, 0.2) is 0 Å². The fourth-order valence-corrected chi connectivity index (χ4v) is 1.22. The van der Waals surface area contributed by atoms with Crippen LogP contribution in [0.25, 0.3) is 0 Å². The van der Waals surface area contributed by atoms with E-state index in [1.54, 1.807) is 6.92 Å². The first kappa shape index (κ1) is 13.9. The smallest absolute Gasteiger partial charge is 0.309 e. The van der Waals surface area contributed by atoms with Crippen molar-refractivity contribution in [3.8, 4) is 0 Å². The van der Waals surface area contributed by atoms with Gasteiger partial charge in [-0.05, 0) is 7.05 Å². The first-order chi connectivity index (χ1) is 7.01. The van der Waals surface area contributed by atoms with E-state index in [9.17, 15) is 9.59 Å². The summed E-state index contributed by atoms with van der Waals surface area (Å²) in [6.07, 6.45) is 0.334. The fourth-order valence-electron chi connectivity index (χ4n) is 1.22. The molecule has 0 rings (SSSR count). The van der Waals surface area contributed by atoms with Crippen LogP contribution in [-0.2, 0) is 19.1 Å². The van der Waals surface area contributed by atoms with Crippen molar-refractivity contribution in [2.75, 3.05) is 34.4 Å². The Morgan fingerprint density at radius 3 is 2.33 bits per heavy atom. The van der Waals surface area contributed by atoms with Crippen LogP contribution in [0.4, 0.5) is 0 Å². The van der Waals surface area contributed by atoms with Gasteiger partial charge in [0.1, 0.15) is 0 Å². The van der Waals surface area contributed by atoms with Crippen molar-refractivity contribution >= 4 is 11.9 Å². The maximum absolute atomic E-state index is 11.1. The van der Waals surface area contributed by atoms with Crippen molar-refractivity contribution in [2.24, 2.45) is 5.92 Å². The Hall–Kier alpha value is -1.10. The molecule has 5 nitrogen and oxygen atoms in total. The molecule has 0 aliphatic rings. The minimum atomic E-state index is -0.243. The van der Waals surface area contributed by atoms with E-state index in [1.807, 2.05) is 11.9 Å². The molecule has 0 aromatic carbocycles. The zero-order valence-corrected chi connectivity index (χ0v) is 9.78. The highest BCUT2D eigenvalue weighted by Gasteiger charge is 2.15. The van der Waals surface area contributed by atoms with E-state index < -0.39 is 0 Å². The van der Waals surface area contributed by atoms with Gasteiger partial charge in [-0.15, -0.1) is 0 Å². The molecule has 0 fully saturated rings.